The van der Waals surface area contributed by atoms with Crippen LogP contribution >= 0.6 is 11.6 Å². The van der Waals surface area contributed by atoms with E-state index in [9.17, 15) is 4.79 Å². The molecule has 5 aromatic carbocycles. The minimum atomic E-state index is -0.543. The van der Waals surface area contributed by atoms with Gasteiger partial charge in [0.15, 0.2) is 5.75 Å². The Morgan fingerprint density at radius 2 is 0.974 bits per heavy atom. The van der Waals surface area contributed by atoms with Crippen molar-refractivity contribution in [3.05, 3.63) is 138 Å². The quantitative estimate of drug-likeness (QED) is 0.131. The first kappa shape index (κ1) is 25.7. The van der Waals surface area contributed by atoms with Crippen molar-refractivity contribution < 1.29 is 28.8 Å². The number of carbonyl (C=O) groups is 1. The third kappa shape index (κ3) is 7.77. The maximum Gasteiger partial charge on any atom is 0.359 e. The molecule has 194 valence electrons. The number of carbonyl (C=O) groups excluding carboxylic acids is 1. The first-order chi connectivity index (χ1) is 19.1. The van der Waals surface area contributed by atoms with E-state index in [1.165, 1.54) is 0 Å². The third-order valence-electron chi connectivity index (χ3n) is 5.38. The third-order valence-corrected chi connectivity index (χ3v) is 5.63. The van der Waals surface area contributed by atoms with Crippen molar-refractivity contribution in [1.82, 2.24) is 0 Å². The number of halogens is 1. The molecule has 0 amide bonds. The van der Waals surface area contributed by atoms with Crippen LogP contribution in [0.3, 0.4) is 0 Å². The van der Waals surface area contributed by atoms with E-state index in [-0.39, 0.29) is 6.42 Å². The largest absolute Gasteiger partial charge is 0.457 e. The average Bonchev–Trinajstić information content (AvgIpc) is 2.95. The summed E-state index contributed by atoms with van der Waals surface area (Å²) in [6.45, 7) is 0. The second kappa shape index (κ2) is 12.5. The summed E-state index contributed by atoms with van der Waals surface area (Å²) in [5, 5.41) is 0.636. The topological polar surface area (TPSA) is 63.2 Å². The second-order valence-electron chi connectivity index (χ2n) is 8.38. The SMILES string of the molecule is O=C(Cc1ccc(Oc2ccc(Cl)cc2)cc1)OOc1cccc(Oc2cccc(Oc3ccccc3)c2)c1. The molecule has 0 saturated carbocycles. The van der Waals surface area contributed by atoms with E-state index >= 15 is 0 Å². The molecular formula is C32H23ClO6. The standard InChI is InChI=1S/C32H23ClO6/c33-24-14-18-27(19-15-24)35-26-16-12-23(13-17-26)20-32(34)39-38-31-11-5-10-30(22-31)37-29-9-4-8-28(21-29)36-25-6-2-1-3-7-25/h1-19,21-22H,20H2. The summed E-state index contributed by atoms with van der Waals surface area (Å²) in [6.07, 6.45) is 0.0334. The molecule has 0 fully saturated rings. The molecule has 0 aromatic heterocycles. The van der Waals surface area contributed by atoms with E-state index in [4.69, 9.17) is 35.6 Å². The van der Waals surface area contributed by atoms with Crippen LogP contribution in [0.1, 0.15) is 5.56 Å². The summed E-state index contributed by atoms with van der Waals surface area (Å²) in [5.41, 5.74) is 0.752. The Bertz CT molecular complexity index is 1520. The van der Waals surface area contributed by atoms with Crippen LogP contribution in [0.2, 0.25) is 5.02 Å². The second-order valence-corrected chi connectivity index (χ2v) is 8.82. The lowest BCUT2D eigenvalue weighted by Crippen LogP contribution is -2.10. The van der Waals surface area contributed by atoms with Gasteiger partial charge in [0.25, 0.3) is 0 Å². The van der Waals surface area contributed by atoms with Crippen LogP contribution in [0.15, 0.2) is 127 Å². The zero-order valence-electron chi connectivity index (χ0n) is 20.7. The number of para-hydroxylation sites is 1. The van der Waals surface area contributed by atoms with Crippen LogP contribution in [0.25, 0.3) is 0 Å². The number of benzene rings is 5. The van der Waals surface area contributed by atoms with E-state index in [2.05, 4.69) is 0 Å². The van der Waals surface area contributed by atoms with E-state index in [0.717, 1.165) is 11.3 Å². The van der Waals surface area contributed by atoms with Gasteiger partial charge in [-0.2, -0.15) is 0 Å². The lowest BCUT2D eigenvalue weighted by molar-refractivity contribution is -0.212. The predicted octanol–water partition coefficient (Wildman–Crippen LogP) is 8.80. The fraction of sp³-hybridized carbons (Fsp3) is 0.0312. The molecule has 0 spiro atoms. The summed E-state index contributed by atoms with van der Waals surface area (Å²) in [5.74, 6) is 3.55. The van der Waals surface area contributed by atoms with Gasteiger partial charge in [-0.15, -0.1) is 0 Å². The summed E-state index contributed by atoms with van der Waals surface area (Å²) >= 11 is 5.90. The van der Waals surface area contributed by atoms with Gasteiger partial charge in [-0.05, 0) is 78.4 Å². The number of ether oxygens (including phenoxy) is 3. The molecule has 6 nitrogen and oxygen atoms in total. The van der Waals surface area contributed by atoms with Crippen LogP contribution in [0, 0.1) is 0 Å². The van der Waals surface area contributed by atoms with Gasteiger partial charge in [0, 0.05) is 17.2 Å². The zero-order valence-corrected chi connectivity index (χ0v) is 21.4. The lowest BCUT2D eigenvalue weighted by Gasteiger charge is -2.10. The van der Waals surface area contributed by atoms with Crippen LogP contribution < -0.4 is 19.1 Å². The smallest absolute Gasteiger partial charge is 0.359 e. The molecule has 0 unspecified atom stereocenters. The van der Waals surface area contributed by atoms with Crippen molar-refractivity contribution in [2.24, 2.45) is 0 Å². The molecular weight excluding hydrogens is 516 g/mol. The lowest BCUT2D eigenvalue weighted by atomic mass is 10.1. The Balaban J connectivity index is 1.12. The van der Waals surface area contributed by atoms with Gasteiger partial charge in [-0.25, -0.2) is 4.79 Å². The highest BCUT2D eigenvalue weighted by Crippen LogP contribution is 2.30. The minimum absolute atomic E-state index is 0.0334. The Morgan fingerprint density at radius 3 is 1.62 bits per heavy atom. The number of hydrogen-bond acceptors (Lipinski definition) is 6. The van der Waals surface area contributed by atoms with Crippen LogP contribution in [0.5, 0.6) is 40.2 Å². The molecule has 0 aliphatic carbocycles. The normalized spacial score (nSPS) is 10.4. The molecule has 39 heavy (non-hydrogen) atoms. The summed E-state index contributed by atoms with van der Waals surface area (Å²) < 4.78 is 17.6. The summed E-state index contributed by atoms with van der Waals surface area (Å²) in [7, 11) is 0. The molecule has 0 heterocycles. The number of hydrogen-bond donors (Lipinski definition) is 0. The van der Waals surface area contributed by atoms with E-state index in [0.29, 0.717) is 39.5 Å². The van der Waals surface area contributed by atoms with Crippen molar-refractivity contribution in [3.63, 3.8) is 0 Å². The van der Waals surface area contributed by atoms with Crippen molar-refractivity contribution in [2.75, 3.05) is 0 Å². The van der Waals surface area contributed by atoms with Crippen molar-refractivity contribution >= 4 is 17.6 Å². The van der Waals surface area contributed by atoms with Crippen molar-refractivity contribution in [1.29, 1.82) is 0 Å². The maximum absolute atomic E-state index is 12.3. The van der Waals surface area contributed by atoms with E-state index < -0.39 is 5.97 Å². The van der Waals surface area contributed by atoms with Gasteiger partial charge in [-0.1, -0.05) is 54.1 Å². The Kier molecular flexibility index (Phi) is 8.26. The molecule has 5 rings (SSSR count). The molecule has 0 atom stereocenters. The van der Waals surface area contributed by atoms with Crippen LogP contribution in [0.4, 0.5) is 0 Å². The minimum Gasteiger partial charge on any atom is -0.457 e. The van der Waals surface area contributed by atoms with E-state index in [1.54, 1.807) is 78.9 Å². The highest BCUT2D eigenvalue weighted by atomic mass is 35.5. The van der Waals surface area contributed by atoms with Gasteiger partial charge in [-0.3, -0.25) is 9.78 Å². The first-order valence-electron chi connectivity index (χ1n) is 12.1. The summed E-state index contributed by atoms with van der Waals surface area (Å²) in [6, 6.07) is 37.8. The van der Waals surface area contributed by atoms with Gasteiger partial charge >= 0.3 is 5.97 Å². The molecule has 0 aliphatic heterocycles. The van der Waals surface area contributed by atoms with Crippen LogP contribution in [-0.2, 0) is 16.1 Å². The predicted molar refractivity (Wildman–Crippen MR) is 148 cm³/mol. The number of rotatable bonds is 10. The molecule has 0 bridgehead atoms. The molecule has 0 radical (unpaired) electrons. The molecule has 5 aromatic rings. The Hall–Kier alpha value is -4.94. The molecule has 0 aliphatic rings. The van der Waals surface area contributed by atoms with Crippen molar-refractivity contribution in [2.45, 2.75) is 6.42 Å². The summed E-state index contributed by atoms with van der Waals surface area (Å²) in [4.78, 5) is 22.6. The Morgan fingerprint density at radius 1 is 0.513 bits per heavy atom. The zero-order chi connectivity index (χ0) is 26.9. The van der Waals surface area contributed by atoms with Crippen molar-refractivity contribution in [3.8, 4) is 40.2 Å². The Labute approximate surface area is 230 Å². The van der Waals surface area contributed by atoms with Crippen LogP contribution in [-0.4, -0.2) is 5.97 Å². The first-order valence-corrected chi connectivity index (χ1v) is 12.5. The maximum atomic E-state index is 12.3. The van der Waals surface area contributed by atoms with Gasteiger partial charge in [0.05, 0.1) is 6.42 Å². The molecule has 0 N–H and O–H groups in total. The van der Waals surface area contributed by atoms with Gasteiger partial charge in [0.2, 0.25) is 0 Å². The highest BCUT2D eigenvalue weighted by Gasteiger charge is 2.09. The monoisotopic (exact) mass is 538 g/mol. The fourth-order valence-corrected chi connectivity index (χ4v) is 3.68. The molecule has 0 saturated heterocycles. The van der Waals surface area contributed by atoms with Gasteiger partial charge in [0.1, 0.15) is 34.5 Å². The average molecular weight is 539 g/mol. The highest BCUT2D eigenvalue weighted by molar-refractivity contribution is 6.30. The fourth-order valence-electron chi connectivity index (χ4n) is 3.56. The van der Waals surface area contributed by atoms with Gasteiger partial charge < -0.3 is 14.2 Å². The van der Waals surface area contributed by atoms with E-state index in [1.807, 2.05) is 48.5 Å². The molecule has 7 heteroatoms.